The first-order valence-electron chi connectivity index (χ1n) is 10.2. The lowest BCUT2D eigenvalue weighted by Gasteiger charge is -2.27. The highest BCUT2D eigenvalue weighted by atomic mass is 32.2. The second-order valence-corrected chi connectivity index (χ2v) is 9.42. The van der Waals surface area contributed by atoms with Gasteiger partial charge in [0.05, 0.1) is 12.7 Å². The SMILES string of the molecule is COC(=O)c1ccc(CCN(c2ccc3c(c2)CN(C(=O)OC(C)(C)C)C3)S(=O)[O-])cc1. The van der Waals surface area contributed by atoms with Gasteiger partial charge in [-0.2, -0.15) is 0 Å². The highest BCUT2D eigenvalue weighted by Gasteiger charge is 2.28. The number of esters is 1. The zero-order valence-electron chi connectivity index (χ0n) is 18.6. The molecule has 0 radical (unpaired) electrons. The third-order valence-electron chi connectivity index (χ3n) is 5.01. The van der Waals surface area contributed by atoms with E-state index in [0.29, 0.717) is 30.8 Å². The molecule has 0 saturated heterocycles. The van der Waals surface area contributed by atoms with Crippen molar-refractivity contribution >= 4 is 29.0 Å². The lowest BCUT2D eigenvalue weighted by atomic mass is 10.1. The molecule has 32 heavy (non-hydrogen) atoms. The van der Waals surface area contributed by atoms with Crippen LogP contribution in [0, 0.1) is 0 Å². The van der Waals surface area contributed by atoms with E-state index in [4.69, 9.17) is 4.74 Å². The molecule has 0 aliphatic carbocycles. The summed E-state index contributed by atoms with van der Waals surface area (Å²) in [7, 11) is 1.32. The molecule has 172 valence electrons. The topological polar surface area (TPSA) is 99.2 Å². The summed E-state index contributed by atoms with van der Waals surface area (Å²) in [6.45, 7) is 6.48. The summed E-state index contributed by atoms with van der Waals surface area (Å²) in [5.74, 6) is -0.419. The first-order valence-corrected chi connectivity index (χ1v) is 11.2. The van der Waals surface area contributed by atoms with Gasteiger partial charge in [-0.1, -0.05) is 18.2 Å². The van der Waals surface area contributed by atoms with Gasteiger partial charge in [-0.05, 0) is 68.1 Å². The zero-order valence-corrected chi connectivity index (χ0v) is 19.4. The molecule has 1 unspecified atom stereocenters. The van der Waals surface area contributed by atoms with E-state index < -0.39 is 28.9 Å². The Bertz CT molecular complexity index is 1020. The molecule has 1 heterocycles. The molecule has 0 spiro atoms. The van der Waals surface area contributed by atoms with E-state index >= 15 is 0 Å². The van der Waals surface area contributed by atoms with E-state index in [1.807, 2.05) is 26.8 Å². The third kappa shape index (κ3) is 5.86. The van der Waals surface area contributed by atoms with Gasteiger partial charge in [0.1, 0.15) is 5.60 Å². The van der Waals surface area contributed by atoms with Crippen LogP contribution < -0.4 is 4.31 Å². The number of carbonyl (C=O) groups excluding carboxylic acids is 2. The molecule has 1 aliphatic heterocycles. The molecule has 2 aromatic rings. The fourth-order valence-electron chi connectivity index (χ4n) is 3.44. The van der Waals surface area contributed by atoms with Crippen LogP contribution in [0.4, 0.5) is 10.5 Å². The van der Waals surface area contributed by atoms with Crippen molar-refractivity contribution in [2.24, 2.45) is 0 Å². The predicted molar refractivity (Wildman–Crippen MR) is 120 cm³/mol. The molecule has 0 saturated carbocycles. The van der Waals surface area contributed by atoms with E-state index in [2.05, 4.69) is 4.74 Å². The minimum absolute atomic E-state index is 0.238. The molecular weight excluding hydrogens is 432 g/mol. The fourth-order valence-corrected chi connectivity index (χ4v) is 3.96. The van der Waals surface area contributed by atoms with Crippen molar-refractivity contribution in [1.82, 2.24) is 4.90 Å². The Labute approximate surface area is 190 Å². The molecular formula is C23H27N2O6S-. The van der Waals surface area contributed by atoms with E-state index in [1.165, 1.54) is 11.4 Å². The smallest absolute Gasteiger partial charge is 0.410 e. The number of ether oxygens (including phenoxy) is 2. The molecule has 1 atom stereocenters. The van der Waals surface area contributed by atoms with Crippen LogP contribution in [0.15, 0.2) is 42.5 Å². The number of nitrogens with zero attached hydrogens (tertiary/aromatic N) is 2. The van der Waals surface area contributed by atoms with E-state index in [-0.39, 0.29) is 6.54 Å². The first-order chi connectivity index (χ1) is 15.1. The lowest BCUT2D eigenvalue weighted by Crippen LogP contribution is -2.33. The molecule has 0 fully saturated rings. The standard InChI is InChI=1S/C23H28N2O6S/c1-23(2,3)31-22(27)24-14-18-9-10-20(13-19(18)15-24)25(32(28)29)12-11-16-5-7-17(8-6-16)21(26)30-4/h5-10,13H,11-12,14-15H2,1-4H3,(H,28,29)/p-1. The molecule has 3 rings (SSSR count). The Morgan fingerprint density at radius 3 is 2.34 bits per heavy atom. The Morgan fingerprint density at radius 1 is 1.09 bits per heavy atom. The number of benzene rings is 2. The molecule has 9 heteroatoms. The first kappa shape index (κ1) is 23.7. The minimum Gasteiger partial charge on any atom is -0.755 e. The molecule has 0 N–H and O–H groups in total. The second kappa shape index (κ2) is 9.70. The normalized spacial score (nSPS) is 14.0. The van der Waals surface area contributed by atoms with Gasteiger partial charge in [0, 0.05) is 36.6 Å². The quantitative estimate of drug-likeness (QED) is 0.484. The van der Waals surface area contributed by atoms with E-state index in [1.54, 1.807) is 41.3 Å². The Hall–Kier alpha value is -2.91. The van der Waals surface area contributed by atoms with Gasteiger partial charge in [-0.25, -0.2) is 9.59 Å². The predicted octanol–water partition coefficient (Wildman–Crippen LogP) is 3.57. The molecule has 0 aromatic heterocycles. The highest BCUT2D eigenvalue weighted by Crippen LogP contribution is 2.29. The molecule has 1 amide bonds. The third-order valence-corrected chi connectivity index (χ3v) is 5.76. The number of amides is 1. The number of fused-ring (bicyclic) bond motifs is 1. The number of anilines is 1. The van der Waals surface area contributed by atoms with Gasteiger partial charge in [-0.3, -0.25) is 9.11 Å². The van der Waals surface area contributed by atoms with Crippen LogP contribution in [0.5, 0.6) is 0 Å². The number of hydrogen-bond acceptors (Lipinski definition) is 6. The maximum atomic E-state index is 12.4. The minimum atomic E-state index is -2.46. The number of hydrogen-bond donors (Lipinski definition) is 0. The monoisotopic (exact) mass is 459 g/mol. The summed E-state index contributed by atoms with van der Waals surface area (Å²) in [5.41, 5.74) is 3.15. The summed E-state index contributed by atoms with van der Waals surface area (Å²) in [5, 5.41) is 0. The van der Waals surface area contributed by atoms with Crippen molar-refractivity contribution < 1.29 is 27.8 Å². The number of rotatable bonds is 6. The summed E-state index contributed by atoms with van der Waals surface area (Å²) >= 11 is -2.46. The van der Waals surface area contributed by atoms with Crippen molar-refractivity contribution in [1.29, 1.82) is 0 Å². The van der Waals surface area contributed by atoms with Gasteiger partial charge < -0.3 is 18.3 Å². The Kier molecular flexibility index (Phi) is 7.20. The average Bonchev–Trinajstić information content (AvgIpc) is 3.16. The van der Waals surface area contributed by atoms with E-state index in [0.717, 1.165) is 16.7 Å². The van der Waals surface area contributed by atoms with Crippen molar-refractivity contribution in [3.05, 3.63) is 64.7 Å². The summed E-state index contributed by atoms with van der Waals surface area (Å²) < 4.78 is 35.2. The van der Waals surface area contributed by atoms with Crippen molar-refractivity contribution in [2.75, 3.05) is 18.0 Å². The molecule has 1 aliphatic rings. The largest absolute Gasteiger partial charge is 0.755 e. The zero-order chi connectivity index (χ0) is 23.5. The summed E-state index contributed by atoms with van der Waals surface area (Å²) in [6.07, 6.45) is 0.0752. The molecule has 2 aromatic carbocycles. The van der Waals surface area contributed by atoms with E-state index in [9.17, 15) is 18.4 Å². The van der Waals surface area contributed by atoms with Crippen LogP contribution >= 0.6 is 0 Å². The maximum absolute atomic E-state index is 12.4. The molecule has 0 bridgehead atoms. The summed E-state index contributed by atoms with van der Waals surface area (Å²) in [4.78, 5) is 25.5. The van der Waals surface area contributed by atoms with Crippen LogP contribution in [0.25, 0.3) is 0 Å². The van der Waals surface area contributed by atoms with Gasteiger partial charge in [0.25, 0.3) is 0 Å². The van der Waals surface area contributed by atoms with Crippen molar-refractivity contribution in [2.45, 2.75) is 45.9 Å². The van der Waals surface area contributed by atoms with Crippen molar-refractivity contribution in [3.63, 3.8) is 0 Å². The number of methoxy groups -OCH3 is 1. The van der Waals surface area contributed by atoms with Gasteiger partial charge >= 0.3 is 12.1 Å². The van der Waals surface area contributed by atoms with Crippen LogP contribution in [-0.2, 0) is 40.3 Å². The van der Waals surface area contributed by atoms with Gasteiger partial charge in [0.2, 0.25) is 0 Å². The second-order valence-electron chi connectivity index (χ2n) is 8.55. The van der Waals surface area contributed by atoms with Crippen LogP contribution in [0.1, 0.15) is 47.8 Å². The van der Waals surface area contributed by atoms with Gasteiger partial charge in [-0.15, -0.1) is 0 Å². The van der Waals surface area contributed by atoms with Crippen LogP contribution in [0.2, 0.25) is 0 Å². The van der Waals surface area contributed by atoms with Crippen LogP contribution in [0.3, 0.4) is 0 Å². The maximum Gasteiger partial charge on any atom is 0.410 e. The fraction of sp³-hybridized carbons (Fsp3) is 0.391. The molecule has 8 nitrogen and oxygen atoms in total. The van der Waals surface area contributed by atoms with Gasteiger partial charge in [0.15, 0.2) is 0 Å². The summed E-state index contributed by atoms with van der Waals surface area (Å²) in [6, 6.07) is 12.3. The van der Waals surface area contributed by atoms with Crippen LogP contribution in [-0.4, -0.2) is 45.0 Å². The Morgan fingerprint density at radius 2 is 1.75 bits per heavy atom. The Balaban J connectivity index is 1.68. The number of carbonyl (C=O) groups is 2. The van der Waals surface area contributed by atoms with Crippen molar-refractivity contribution in [3.8, 4) is 0 Å². The highest BCUT2D eigenvalue weighted by molar-refractivity contribution is 7.80. The average molecular weight is 460 g/mol. The lowest BCUT2D eigenvalue weighted by molar-refractivity contribution is 0.0241.